The molecule has 1 rings (SSSR count). The summed E-state index contributed by atoms with van der Waals surface area (Å²) in [6.45, 7) is 3.81. The van der Waals surface area contributed by atoms with Gasteiger partial charge in [0.2, 0.25) is 0 Å². The van der Waals surface area contributed by atoms with Crippen molar-refractivity contribution in [3.05, 3.63) is 35.9 Å². The minimum absolute atomic E-state index is 0.662. The molecular weight excluding hydrogens is 220 g/mol. The number of thioether (sulfide) groups is 1. The van der Waals surface area contributed by atoms with Gasteiger partial charge in [0, 0.05) is 0 Å². The van der Waals surface area contributed by atoms with Gasteiger partial charge >= 0.3 is 5.97 Å². The van der Waals surface area contributed by atoms with Gasteiger partial charge < -0.3 is 5.11 Å². The second-order valence-corrected chi connectivity index (χ2v) is 5.72. The molecule has 1 aromatic carbocycles. The van der Waals surface area contributed by atoms with E-state index in [0.29, 0.717) is 6.42 Å². The van der Waals surface area contributed by atoms with Crippen LogP contribution in [0.2, 0.25) is 0 Å². The summed E-state index contributed by atoms with van der Waals surface area (Å²) in [6.07, 6.45) is 1.49. The Bertz CT molecular complexity index is 337. The maximum Gasteiger partial charge on any atom is 0.319 e. The lowest BCUT2D eigenvalue weighted by atomic mass is 10.0. The molecule has 3 heteroatoms. The van der Waals surface area contributed by atoms with E-state index in [1.165, 1.54) is 17.3 Å². The van der Waals surface area contributed by atoms with E-state index in [4.69, 9.17) is 0 Å². The van der Waals surface area contributed by atoms with Gasteiger partial charge in [-0.05, 0) is 31.1 Å². The third kappa shape index (κ3) is 3.56. The minimum Gasteiger partial charge on any atom is -0.480 e. The average molecular weight is 238 g/mol. The Balaban J connectivity index is 2.60. The molecule has 0 aliphatic carbocycles. The molecule has 0 aliphatic heterocycles. The van der Waals surface area contributed by atoms with Crippen LogP contribution in [0.5, 0.6) is 0 Å². The van der Waals surface area contributed by atoms with Crippen LogP contribution < -0.4 is 0 Å². The van der Waals surface area contributed by atoms with Crippen LogP contribution in [0.25, 0.3) is 0 Å². The summed E-state index contributed by atoms with van der Waals surface area (Å²) in [7, 11) is 0. The van der Waals surface area contributed by atoms with Gasteiger partial charge in [0.1, 0.15) is 4.75 Å². The van der Waals surface area contributed by atoms with E-state index in [1.54, 1.807) is 0 Å². The zero-order valence-corrected chi connectivity index (χ0v) is 10.6. The molecule has 0 saturated carbocycles. The molecule has 0 saturated heterocycles. The first kappa shape index (κ1) is 13.1. The quantitative estimate of drug-likeness (QED) is 0.827. The Morgan fingerprint density at radius 3 is 2.50 bits per heavy atom. The maximum atomic E-state index is 11.2. The fraction of sp³-hybridized carbons (Fsp3) is 0.462. The highest BCUT2D eigenvalue weighted by molar-refractivity contribution is 8.01. The molecule has 0 spiro atoms. The van der Waals surface area contributed by atoms with Crippen LogP contribution in [0.15, 0.2) is 30.3 Å². The first-order valence-corrected chi connectivity index (χ1v) is 6.48. The highest BCUT2D eigenvalue weighted by atomic mass is 32.2. The SMILES string of the molecule is CCSC(C)(CCc1ccccc1)C(=O)O. The summed E-state index contributed by atoms with van der Waals surface area (Å²) in [5.41, 5.74) is 1.20. The molecule has 0 fully saturated rings. The molecular formula is C13H18O2S. The summed E-state index contributed by atoms with van der Waals surface area (Å²) < 4.78 is -0.662. The van der Waals surface area contributed by atoms with Gasteiger partial charge in [0.15, 0.2) is 0 Å². The highest BCUT2D eigenvalue weighted by Gasteiger charge is 2.32. The Labute approximate surface area is 101 Å². The molecule has 0 bridgehead atoms. The number of rotatable bonds is 6. The predicted octanol–water partition coefficient (Wildman–Crippen LogP) is 3.22. The van der Waals surface area contributed by atoms with Crippen LogP contribution in [0, 0.1) is 0 Å². The Hall–Kier alpha value is -0.960. The molecule has 1 unspecified atom stereocenters. The van der Waals surface area contributed by atoms with Crippen molar-refractivity contribution in [3.8, 4) is 0 Å². The first-order chi connectivity index (χ1) is 7.58. The summed E-state index contributed by atoms with van der Waals surface area (Å²) >= 11 is 1.51. The van der Waals surface area contributed by atoms with Gasteiger partial charge in [0.25, 0.3) is 0 Å². The monoisotopic (exact) mass is 238 g/mol. The van der Waals surface area contributed by atoms with E-state index in [9.17, 15) is 9.90 Å². The summed E-state index contributed by atoms with van der Waals surface area (Å²) in [5.74, 6) is 0.118. The van der Waals surface area contributed by atoms with Crippen LogP contribution in [0.4, 0.5) is 0 Å². The normalized spacial score (nSPS) is 14.4. The molecule has 1 aromatic rings. The highest BCUT2D eigenvalue weighted by Crippen LogP contribution is 2.30. The van der Waals surface area contributed by atoms with Gasteiger partial charge in [-0.25, -0.2) is 0 Å². The average Bonchev–Trinajstić information content (AvgIpc) is 2.28. The van der Waals surface area contributed by atoms with E-state index < -0.39 is 10.7 Å². The number of carboxylic acids is 1. The first-order valence-electron chi connectivity index (χ1n) is 5.50. The molecule has 16 heavy (non-hydrogen) atoms. The number of benzene rings is 1. The molecule has 88 valence electrons. The van der Waals surface area contributed by atoms with Crippen molar-refractivity contribution in [2.24, 2.45) is 0 Å². The number of carboxylic acid groups (broad SMARTS) is 1. The molecule has 0 aromatic heterocycles. The van der Waals surface area contributed by atoms with E-state index in [0.717, 1.165) is 12.2 Å². The molecule has 0 aliphatic rings. The smallest absolute Gasteiger partial charge is 0.319 e. The molecule has 0 heterocycles. The van der Waals surface area contributed by atoms with Crippen LogP contribution in [-0.4, -0.2) is 21.6 Å². The van der Waals surface area contributed by atoms with Crippen molar-refractivity contribution in [3.63, 3.8) is 0 Å². The van der Waals surface area contributed by atoms with Crippen molar-refractivity contribution in [1.82, 2.24) is 0 Å². The molecule has 2 nitrogen and oxygen atoms in total. The van der Waals surface area contributed by atoms with E-state index in [-0.39, 0.29) is 0 Å². The Kier molecular flexibility index (Phi) is 4.87. The molecule has 1 atom stereocenters. The molecule has 0 radical (unpaired) electrons. The fourth-order valence-electron chi connectivity index (χ4n) is 1.59. The van der Waals surface area contributed by atoms with Crippen molar-refractivity contribution in [2.75, 3.05) is 5.75 Å². The molecule has 1 N–H and O–H groups in total. The number of carbonyl (C=O) groups is 1. The van der Waals surface area contributed by atoms with Crippen molar-refractivity contribution in [1.29, 1.82) is 0 Å². The number of aryl methyl sites for hydroxylation is 1. The van der Waals surface area contributed by atoms with Crippen molar-refractivity contribution in [2.45, 2.75) is 31.4 Å². The lowest BCUT2D eigenvalue weighted by Gasteiger charge is -2.23. The zero-order valence-electron chi connectivity index (χ0n) is 9.77. The lowest BCUT2D eigenvalue weighted by Crippen LogP contribution is -2.32. The van der Waals surface area contributed by atoms with E-state index >= 15 is 0 Å². The third-order valence-electron chi connectivity index (χ3n) is 2.65. The number of aliphatic carboxylic acids is 1. The molecule has 0 amide bonds. The van der Waals surface area contributed by atoms with E-state index in [2.05, 4.69) is 0 Å². The van der Waals surface area contributed by atoms with Crippen LogP contribution in [-0.2, 0) is 11.2 Å². The summed E-state index contributed by atoms with van der Waals surface area (Å²) in [5, 5.41) is 9.22. The van der Waals surface area contributed by atoms with Crippen molar-refractivity contribution < 1.29 is 9.90 Å². The predicted molar refractivity (Wildman–Crippen MR) is 68.9 cm³/mol. The van der Waals surface area contributed by atoms with Crippen molar-refractivity contribution >= 4 is 17.7 Å². The summed E-state index contributed by atoms with van der Waals surface area (Å²) in [4.78, 5) is 11.2. The van der Waals surface area contributed by atoms with Gasteiger partial charge in [-0.1, -0.05) is 37.3 Å². The second kappa shape index (κ2) is 5.94. The van der Waals surface area contributed by atoms with Gasteiger partial charge in [-0.3, -0.25) is 4.79 Å². The largest absolute Gasteiger partial charge is 0.480 e. The Morgan fingerprint density at radius 2 is 2.00 bits per heavy atom. The van der Waals surface area contributed by atoms with Crippen LogP contribution in [0.3, 0.4) is 0 Å². The van der Waals surface area contributed by atoms with Crippen LogP contribution in [0.1, 0.15) is 25.8 Å². The second-order valence-electron chi connectivity index (χ2n) is 3.95. The third-order valence-corrected chi connectivity index (χ3v) is 3.95. The van der Waals surface area contributed by atoms with Gasteiger partial charge in [-0.15, -0.1) is 11.8 Å². The van der Waals surface area contributed by atoms with Gasteiger partial charge in [-0.2, -0.15) is 0 Å². The van der Waals surface area contributed by atoms with E-state index in [1.807, 2.05) is 44.2 Å². The number of hydrogen-bond donors (Lipinski definition) is 1. The Morgan fingerprint density at radius 1 is 1.38 bits per heavy atom. The van der Waals surface area contributed by atoms with Crippen LogP contribution >= 0.6 is 11.8 Å². The fourth-order valence-corrected chi connectivity index (χ4v) is 2.59. The topological polar surface area (TPSA) is 37.3 Å². The summed E-state index contributed by atoms with van der Waals surface area (Å²) in [6, 6.07) is 10.0. The lowest BCUT2D eigenvalue weighted by molar-refractivity contribution is -0.139. The number of hydrogen-bond acceptors (Lipinski definition) is 2. The minimum atomic E-state index is -0.713. The maximum absolute atomic E-state index is 11.2. The van der Waals surface area contributed by atoms with Gasteiger partial charge in [0.05, 0.1) is 0 Å². The standard InChI is InChI=1S/C13H18O2S/c1-3-16-13(2,12(14)15)10-9-11-7-5-4-6-8-11/h4-8H,3,9-10H2,1-2H3,(H,14,15). The zero-order chi connectivity index (χ0) is 12.0.